The summed E-state index contributed by atoms with van der Waals surface area (Å²) in [5.41, 5.74) is 5.00. The largest absolute Gasteiger partial charge is 0.508 e. The van der Waals surface area contributed by atoms with Gasteiger partial charge in [-0.15, -0.1) is 0 Å². The van der Waals surface area contributed by atoms with Crippen molar-refractivity contribution < 1.29 is 14.3 Å². The lowest BCUT2D eigenvalue weighted by Gasteiger charge is -2.58. The van der Waals surface area contributed by atoms with Crippen LogP contribution in [0.15, 0.2) is 72.3 Å². The smallest absolute Gasteiger partial charge is 0.433 e. The van der Waals surface area contributed by atoms with E-state index in [9.17, 15) is 4.79 Å². The van der Waals surface area contributed by atoms with Gasteiger partial charge in [0.2, 0.25) is 0 Å². The molecule has 8 atom stereocenters. The fraction of sp³-hybridized carbons (Fsp3) is 0.700. The third kappa shape index (κ3) is 10.7. The minimum Gasteiger partial charge on any atom is -0.433 e. The molecule has 0 bridgehead atoms. The van der Waals surface area contributed by atoms with Crippen molar-refractivity contribution in [2.45, 2.75) is 144 Å². The summed E-state index contributed by atoms with van der Waals surface area (Å²) in [7, 11) is 0. The van der Waals surface area contributed by atoms with E-state index in [0.29, 0.717) is 18.6 Å². The maximum atomic E-state index is 13.1. The van der Waals surface area contributed by atoms with E-state index < -0.39 is 6.16 Å². The fourth-order valence-electron chi connectivity index (χ4n) is 12.2. The molecular weight excluding hydrogens is 677 g/mol. The summed E-state index contributed by atoms with van der Waals surface area (Å²) in [6.07, 6.45) is 18.3. The highest BCUT2D eigenvalue weighted by Gasteiger charge is 2.59. The molecule has 0 heterocycles. The summed E-state index contributed by atoms with van der Waals surface area (Å²) in [5.74, 6) is 5.03. The Balaban J connectivity index is 0.961. The third-order valence-electron chi connectivity index (χ3n) is 15.3. The maximum Gasteiger partial charge on any atom is 0.508 e. The second kappa shape index (κ2) is 19.7. The molecule has 2 aromatic carbocycles. The van der Waals surface area contributed by atoms with Gasteiger partial charge < -0.3 is 9.47 Å². The van der Waals surface area contributed by atoms with Crippen LogP contribution in [0.5, 0.6) is 0 Å². The Labute approximate surface area is 336 Å². The Morgan fingerprint density at radius 1 is 0.782 bits per heavy atom. The van der Waals surface area contributed by atoms with Crippen LogP contribution in [0.25, 0.3) is 0 Å². The van der Waals surface area contributed by atoms with Gasteiger partial charge in [0.25, 0.3) is 0 Å². The van der Waals surface area contributed by atoms with Crippen molar-refractivity contribution in [2.75, 3.05) is 32.8 Å². The van der Waals surface area contributed by atoms with Crippen molar-refractivity contribution in [1.82, 2.24) is 9.80 Å². The maximum absolute atomic E-state index is 13.1. The van der Waals surface area contributed by atoms with Gasteiger partial charge in [-0.1, -0.05) is 133 Å². The number of unbranched alkanes of at least 4 members (excludes halogenated alkanes) is 1. The van der Waals surface area contributed by atoms with Crippen LogP contribution in [0.3, 0.4) is 0 Å². The second-order valence-electron chi connectivity index (χ2n) is 19.2. The molecule has 0 amide bonds. The molecule has 0 aromatic heterocycles. The van der Waals surface area contributed by atoms with E-state index in [1.165, 1.54) is 62.5 Å². The van der Waals surface area contributed by atoms with Crippen LogP contribution in [-0.4, -0.2) is 54.8 Å². The molecule has 5 nitrogen and oxygen atoms in total. The van der Waals surface area contributed by atoms with Gasteiger partial charge in [0.1, 0.15) is 12.7 Å². The van der Waals surface area contributed by atoms with Crippen LogP contribution >= 0.6 is 0 Å². The molecule has 0 aliphatic heterocycles. The quantitative estimate of drug-likeness (QED) is 0.0812. The van der Waals surface area contributed by atoms with E-state index >= 15 is 0 Å². The molecular formula is C50H76N2O3. The van der Waals surface area contributed by atoms with E-state index in [1.807, 2.05) is 0 Å². The van der Waals surface area contributed by atoms with E-state index in [4.69, 9.17) is 9.47 Å². The van der Waals surface area contributed by atoms with Crippen molar-refractivity contribution in [1.29, 1.82) is 0 Å². The van der Waals surface area contributed by atoms with Gasteiger partial charge in [0.05, 0.1) is 0 Å². The zero-order valence-electron chi connectivity index (χ0n) is 35.7. The topological polar surface area (TPSA) is 42.0 Å². The highest BCUT2D eigenvalue weighted by atomic mass is 16.7. The van der Waals surface area contributed by atoms with Gasteiger partial charge in [-0.25, -0.2) is 4.79 Å². The molecule has 4 aliphatic carbocycles. The number of benzene rings is 2. The van der Waals surface area contributed by atoms with Crippen molar-refractivity contribution in [3.8, 4) is 0 Å². The summed E-state index contributed by atoms with van der Waals surface area (Å²) in [6, 6.07) is 21.4. The van der Waals surface area contributed by atoms with Crippen molar-refractivity contribution in [2.24, 2.45) is 46.3 Å². The van der Waals surface area contributed by atoms with E-state index in [1.54, 1.807) is 5.57 Å². The number of allylic oxidation sites excluding steroid dienone is 1. The normalized spacial score (nSPS) is 29.4. The molecule has 0 spiro atoms. The number of ether oxygens (including phenoxy) is 2. The van der Waals surface area contributed by atoms with E-state index in [2.05, 4.69) is 118 Å². The Morgan fingerprint density at radius 3 is 2.13 bits per heavy atom. The van der Waals surface area contributed by atoms with Gasteiger partial charge in [-0.05, 0) is 135 Å². The van der Waals surface area contributed by atoms with E-state index in [0.717, 1.165) is 100 Å². The highest BCUT2D eigenvalue weighted by molar-refractivity contribution is 5.60. The zero-order valence-corrected chi connectivity index (χ0v) is 35.7. The lowest BCUT2D eigenvalue weighted by Crippen LogP contribution is -2.51. The zero-order chi connectivity index (χ0) is 38.8. The van der Waals surface area contributed by atoms with E-state index in [-0.39, 0.29) is 11.5 Å². The predicted octanol–water partition coefficient (Wildman–Crippen LogP) is 12.4. The third-order valence-corrected chi connectivity index (χ3v) is 15.3. The average molecular weight is 753 g/mol. The van der Waals surface area contributed by atoms with Gasteiger partial charge >= 0.3 is 6.16 Å². The number of rotatable bonds is 19. The molecule has 4 aliphatic rings. The molecule has 2 aromatic rings. The number of hydrogen-bond acceptors (Lipinski definition) is 5. The molecule has 5 heteroatoms. The van der Waals surface area contributed by atoms with Crippen LogP contribution < -0.4 is 0 Å². The first-order valence-corrected chi connectivity index (χ1v) is 22.6. The Kier molecular flexibility index (Phi) is 15.0. The number of carbonyl (C=O) groups excluding carboxylic acids is 1. The standard InChI is InChI=1S/C50H76N2O3/c1-7-51(36-40-19-10-8-11-20-40)31-14-15-32-52(37-41-21-12-9-13-22-41)33-34-54-48(53)55-43-27-29-49(5)42(35-43)23-24-44-46-26-25-45(39(4)18-16-17-38(2)3)50(46,6)30-28-47(44)49/h8-13,19-23,38-39,43-47H,7,14-18,24-37H2,1-6H3/t39-,43+,44+,45-,46+,47+,49+,50-/m1/s1. The Hall–Kier alpha value is -2.63. The van der Waals surface area contributed by atoms with Gasteiger partial charge in [-0.2, -0.15) is 0 Å². The summed E-state index contributed by atoms with van der Waals surface area (Å²) in [5, 5.41) is 0. The molecule has 0 saturated heterocycles. The summed E-state index contributed by atoms with van der Waals surface area (Å²) < 4.78 is 11.8. The fourth-order valence-corrected chi connectivity index (χ4v) is 12.2. The number of fused-ring (bicyclic) bond motifs is 5. The number of carbonyl (C=O) groups is 1. The van der Waals surface area contributed by atoms with Crippen molar-refractivity contribution >= 4 is 6.16 Å². The summed E-state index contributed by atoms with van der Waals surface area (Å²) in [6.45, 7) is 20.9. The minimum absolute atomic E-state index is 0.0717. The van der Waals surface area contributed by atoms with Crippen LogP contribution in [0, 0.1) is 46.3 Å². The lowest BCUT2D eigenvalue weighted by molar-refractivity contribution is -0.0619. The number of hydrogen-bond donors (Lipinski definition) is 0. The molecule has 0 unspecified atom stereocenters. The average Bonchev–Trinajstić information content (AvgIpc) is 3.54. The van der Waals surface area contributed by atoms with Crippen LogP contribution in [0.4, 0.5) is 4.79 Å². The van der Waals surface area contributed by atoms with Crippen molar-refractivity contribution in [3.63, 3.8) is 0 Å². The summed E-state index contributed by atoms with van der Waals surface area (Å²) in [4.78, 5) is 18.1. The van der Waals surface area contributed by atoms with Crippen LogP contribution in [-0.2, 0) is 22.6 Å². The van der Waals surface area contributed by atoms with Gasteiger partial charge in [0, 0.05) is 26.1 Å². The first kappa shape index (κ1) is 42.0. The molecule has 55 heavy (non-hydrogen) atoms. The Morgan fingerprint density at radius 2 is 1.45 bits per heavy atom. The summed E-state index contributed by atoms with van der Waals surface area (Å²) >= 11 is 0. The lowest BCUT2D eigenvalue weighted by atomic mass is 9.47. The van der Waals surface area contributed by atoms with Gasteiger partial charge in [-0.3, -0.25) is 9.80 Å². The SMILES string of the molecule is CCN(CCCCN(CCOC(=O)O[C@H]1CC[C@@]2(C)C(=CC[C@H]3[C@@H]4CC[C@H]([C@H](C)CCCC(C)C)[C@@]4(C)CC[C@@H]32)C1)Cc1ccccc1)Cc1ccccc1. The molecule has 0 radical (unpaired) electrons. The molecule has 6 rings (SSSR count). The predicted molar refractivity (Wildman–Crippen MR) is 228 cm³/mol. The first-order valence-electron chi connectivity index (χ1n) is 22.6. The van der Waals surface area contributed by atoms with Crippen LogP contribution in [0.1, 0.15) is 136 Å². The number of nitrogens with zero attached hydrogens (tertiary/aromatic N) is 2. The second-order valence-corrected chi connectivity index (χ2v) is 19.2. The minimum atomic E-state index is -0.491. The first-order chi connectivity index (χ1) is 26.6. The molecule has 304 valence electrons. The molecule has 3 fully saturated rings. The molecule has 3 saturated carbocycles. The van der Waals surface area contributed by atoms with Crippen LogP contribution in [0.2, 0.25) is 0 Å². The molecule has 0 N–H and O–H groups in total. The Bertz CT molecular complexity index is 1490. The highest BCUT2D eigenvalue weighted by Crippen LogP contribution is 2.67. The van der Waals surface area contributed by atoms with Gasteiger partial charge in [0.15, 0.2) is 0 Å². The monoisotopic (exact) mass is 753 g/mol. The van der Waals surface area contributed by atoms with Crippen molar-refractivity contribution in [3.05, 3.63) is 83.4 Å².